The molecule has 0 radical (unpaired) electrons. The highest BCUT2D eigenvalue weighted by Crippen LogP contribution is 2.17. The third-order valence-corrected chi connectivity index (χ3v) is 2.18. The van der Waals surface area contributed by atoms with Gasteiger partial charge in [-0.05, 0) is 31.5 Å². The van der Waals surface area contributed by atoms with E-state index in [1.807, 2.05) is 38.1 Å². The lowest BCUT2D eigenvalue weighted by Gasteiger charge is -2.09. The average molecular weight is 205 g/mol. The first kappa shape index (κ1) is 11.8. The van der Waals surface area contributed by atoms with Gasteiger partial charge >= 0.3 is 0 Å². The highest BCUT2D eigenvalue weighted by molar-refractivity contribution is 5.30. The first-order valence-electron chi connectivity index (χ1n) is 5.22. The second-order valence-corrected chi connectivity index (χ2v) is 3.92. The molecule has 82 valence electrons. The van der Waals surface area contributed by atoms with Gasteiger partial charge in [0.2, 0.25) is 0 Å². The topological polar surface area (TPSA) is 35.2 Å². The molecule has 1 aromatic rings. The van der Waals surface area contributed by atoms with E-state index in [2.05, 4.69) is 6.58 Å². The van der Waals surface area contributed by atoms with Crippen molar-refractivity contribution >= 4 is 0 Å². The molecule has 0 heterocycles. The largest absolute Gasteiger partial charge is 0.493 e. The van der Waals surface area contributed by atoms with Crippen LogP contribution in [-0.4, -0.2) is 6.61 Å². The molecule has 0 aliphatic carbocycles. The summed E-state index contributed by atoms with van der Waals surface area (Å²) in [5.74, 6) is 0.881. The smallest absolute Gasteiger partial charge is 0.119 e. The zero-order valence-electron chi connectivity index (χ0n) is 9.49. The van der Waals surface area contributed by atoms with Gasteiger partial charge in [-0.25, -0.2) is 0 Å². The Morgan fingerprint density at radius 1 is 1.53 bits per heavy atom. The van der Waals surface area contributed by atoms with Gasteiger partial charge in [0.25, 0.3) is 0 Å². The molecule has 0 saturated heterocycles. The lowest BCUT2D eigenvalue weighted by atomic mass is 10.1. The summed E-state index contributed by atoms with van der Waals surface area (Å²) < 4.78 is 5.59. The van der Waals surface area contributed by atoms with Crippen molar-refractivity contribution in [1.82, 2.24) is 0 Å². The number of hydrogen-bond acceptors (Lipinski definition) is 2. The number of rotatable bonds is 5. The van der Waals surface area contributed by atoms with Crippen LogP contribution in [0.5, 0.6) is 5.75 Å². The van der Waals surface area contributed by atoms with Gasteiger partial charge in [0, 0.05) is 12.5 Å². The Balaban J connectivity index is 2.54. The van der Waals surface area contributed by atoms with Gasteiger partial charge in [-0.2, -0.15) is 0 Å². The third-order valence-electron chi connectivity index (χ3n) is 2.18. The molecule has 1 rings (SSSR count). The Morgan fingerprint density at radius 3 is 2.87 bits per heavy atom. The van der Waals surface area contributed by atoms with Crippen molar-refractivity contribution in [2.45, 2.75) is 26.3 Å². The minimum Gasteiger partial charge on any atom is -0.493 e. The quantitative estimate of drug-likeness (QED) is 0.750. The molecule has 2 heteroatoms. The van der Waals surface area contributed by atoms with Gasteiger partial charge in [-0.1, -0.05) is 17.7 Å². The van der Waals surface area contributed by atoms with Crippen molar-refractivity contribution in [2.24, 2.45) is 5.73 Å². The lowest BCUT2D eigenvalue weighted by Crippen LogP contribution is -2.05. The Hall–Kier alpha value is -1.28. The van der Waals surface area contributed by atoms with Gasteiger partial charge < -0.3 is 10.5 Å². The zero-order valence-corrected chi connectivity index (χ0v) is 9.49. The van der Waals surface area contributed by atoms with Crippen LogP contribution in [0.4, 0.5) is 0 Å². The standard InChI is InChI=1S/C13H19NO/c1-10(2)7-8-15-13-6-4-5-12(9-13)11(3)14/h4-6,9,11H,1,7-8,14H2,2-3H3/t11-/m1/s1. The van der Waals surface area contributed by atoms with Gasteiger partial charge in [0.1, 0.15) is 5.75 Å². The monoisotopic (exact) mass is 205 g/mol. The van der Waals surface area contributed by atoms with E-state index >= 15 is 0 Å². The molecule has 0 bridgehead atoms. The summed E-state index contributed by atoms with van der Waals surface area (Å²) in [6.45, 7) is 8.48. The first-order valence-corrected chi connectivity index (χ1v) is 5.22. The van der Waals surface area contributed by atoms with E-state index < -0.39 is 0 Å². The Morgan fingerprint density at radius 2 is 2.27 bits per heavy atom. The summed E-state index contributed by atoms with van der Waals surface area (Å²) in [6, 6.07) is 7.97. The molecule has 0 aliphatic heterocycles. The zero-order chi connectivity index (χ0) is 11.3. The summed E-state index contributed by atoms with van der Waals surface area (Å²) in [5, 5.41) is 0. The lowest BCUT2D eigenvalue weighted by molar-refractivity contribution is 0.321. The second-order valence-electron chi connectivity index (χ2n) is 3.92. The summed E-state index contributed by atoms with van der Waals surface area (Å²) in [5.41, 5.74) is 8.03. The Bertz CT molecular complexity index is 331. The van der Waals surface area contributed by atoms with Crippen LogP contribution in [-0.2, 0) is 0 Å². The first-order chi connectivity index (χ1) is 7.09. The third kappa shape index (κ3) is 4.17. The molecular weight excluding hydrogens is 186 g/mol. The van der Waals surface area contributed by atoms with Crippen molar-refractivity contribution in [3.63, 3.8) is 0 Å². The maximum atomic E-state index is 5.79. The van der Waals surface area contributed by atoms with Crippen molar-refractivity contribution in [3.05, 3.63) is 42.0 Å². The summed E-state index contributed by atoms with van der Waals surface area (Å²) in [4.78, 5) is 0. The molecular formula is C13H19NO. The summed E-state index contributed by atoms with van der Waals surface area (Å²) in [6.07, 6.45) is 0.891. The van der Waals surface area contributed by atoms with Crippen molar-refractivity contribution < 1.29 is 4.74 Å². The van der Waals surface area contributed by atoms with Crippen LogP contribution < -0.4 is 10.5 Å². The molecule has 1 aromatic carbocycles. The van der Waals surface area contributed by atoms with Crippen LogP contribution in [0.1, 0.15) is 31.9 Å². The fourth-order valence-electron chi connectivity index (χ4n) is 1.23. The van der Waals surface area contributed by atoms with E-state index in [-0.39, 0.29) is 6.04 Å². The minimum atomic E-state index is 0.0506. The van der Waals surface area contributed by atoms with Gasteiger partial charge in [-0.15, -0.1) is 6.58 Å². The van der Waals surface area contributed by atoms with Crippen molar-refractivity contribution in [2.75, 3.05) is 6.61 Å². The van der Waals surface area contributed by atoms with Crippen LogP contribution >= 0.6 is 0 Å². The molecule has 0 amide bonds. The predicted octanol–water partition coefficient (Wildman–Crippen LogP) is 3.05. The van der Waals surface area contributed by atoms with E-state index in [9.17, 15) is 0 Å². The summed E-state index contributed by atoms with van der Waals surface area (Å²) in [7, 11) is 0. The SMILES string of the molecule is C=C(C)CCOc1cccc([C@@H](C)N)c1. The Labute approximate surface area is 91.7 Å². The van der Waals surface area contributed by atoms with Crippen LogP contribution in [0.2, 0.25) is 0 Å². The molecule has 0 unspecified atom stereocenters. The molecule has 15 heavy (non-hydrogen) atoms. The molecule has 0 aromatic heterocycles. The molecule has 1 atom stereocenters. The molecule has 2 nitrogen and oxygen atoms in total. The van der Waals surface area contributed by atoms with Gasteiger partial charge in [0.15, 0.2) is 0 Å². The van der Waals surface area contributed by atoms with E-state index in [0.717, 1.165) is 23.3 Å². The molecule has 0 aliphatic rings. The van der Waals surface area contributed by atoms with Crippen molar-refractivity contribution in [3.8, 4) is 5.75 Å². The predicted molar refractivity (Wildman–Crippen MR) is 64.0 cm³/mol. The number of hydrogen-bond donors (Lipinski definition) is 1. The molecule has 0 saturated carbocycles. The highest BCUT2D eigenvalue weighted by atomic mass is 16.5. The fraction of sp³-hybridized carbons (Fsp3) is 0.385. The fourth-order valence-corrected chi connectivity index (χ4v) is 1.23. The van der Waals surface area contributed by atoms with Crippen LogP contribution in [0, 0.1) is 0 Å². The van der Waals surface area contributed by atoms with Crippen LogP contribution in [0.15, 0.2) is 36.4 Å². The van der Waals surface area contributed by atoms with E-state index in [1.165, 1.54) is 0 Å². The van der Waals surface area contributed by atoms with E-state index in [0.29, 0.717) is 6.61 Å². The normalized spacial score (nSPS) is 12.2. The second kappa shape index (κ2) is 5.56. The number of benzene rings is 1. The van der Waals surface area contributed by atoms with Gasteiger partial charge in [-0.3, -0.25) is 0 Å². The molecule has 0 fully saturated rings. The van der Waals surface area contributed by atoms with Crippen LogP contribution in [0.3, 0.4) is 0 Å². The maximum Gasteiger partial charge on any atom is 0.119 e. The van der Waals surface area contributed by atoms with Gasteiger partial charge in [0.05, 0.1) is 6.61 Å². The van der Waals surface area contributed by atoms with Crippen LogP contribution in [0.25, 0.3) is 0 Å². The molecule has 0 spiro atoms. The Kier molecular flexibility index (Phi) is 4.37. The number of ether oxygens (including phenoxy) is 1. The van der Waals surface area contributed by atoms with Crippen molar-refractivity contribution in [1.29, 1.82) is 0 Å². The number of nitrogens with two attached hydrogens (primary N) is 1. The average Bonchev–Trinajstić information content (AvgIpc) is 2.17. The highest BCUT2D eigenvalue weighted by Gasteiger charge is 2.00. The minimum absolute atomic E-state index is 0.0506. The summed E-state index contributed by atoms with van der Waals surface area (Å²) >= 11 is 0. The maximum absolute atomic E-state index is 5.79. The van der Waals surface area contributed by atoms with E-state index in [1.54, 1.807) is 0 Å². The van der Waals surface area contributed by atoms with E-state index in [4.69, 9.17) is 10.5 Å². The molecule has 2 N–H and O–H groups in total.